The SMILES string of the molecule is O=C(Nc1ccc(NCc2cnon2)cc1)N1CCCCCC1. The average molecular weight is 315 g/mol. The largest absolute Gasteiger partial charge is 0.379 e. The van der Waals surface area contributed by atoms with Crippen molar-refractivity contribution in [2.75, 3.05) is 23.7 Å². The third-order valence-electron chi connectivity index (χ3n) is 3.91. The van der Waals surface area contributed by atoms with Crippen LogP contribution >= 0.6 is 0 Å². The third kappa shape index (κ3) is 4.45. The van der Waals surface area contributed by atoms with Crippen LogP contribution in [0.2, 0.25) is 0 Å². The average Bonchev–Trinajstić information content (AvgIpc) is 2.94. The summed E-state index contributed by atoms with van der Waals surface area (Å²) in [5, 5.41) is 13.5. The highest BCUT2D eigenvalue weighted by Crippen LogP contribution is 2.16. The van der Waals surface area contributed by atoms with Gasteiger partial charge in [-0.25, -0.2) is 9.42 Å². The quantitative estimate of drug-likeness (QED) is 0.906. The van der Waals surface area contributed by atoms with Crippen LogP contribution in [0, 0.1) is 0 Å². The molecule has 7 heteroatoms. The molecule has 3 rings (SSSR count). The van der Waals surface area contributed by atoms with E-state index in [4.69, 9.17) is 0 Å². The Morgan fingerprint density at radius 2 is 1.78 bits per heavy atom. The molecule has 0 saturated carbocycles. The molecule has 1 fully saturated rings. The fourth-order valence-electron chi connectivity index (χ4n) is 2.60. The number of carbonyl (C=O) groups is 1. The Bertz CT molecular complexity index is 604. The van der Waals surface area contributed by atoms with E-state index in [-0.39, 0.29) is 6.03 Å². The van der Waals surface area contributed by atoms with E-state index in [9.17, 15) is 4.79 Å². The number of rotatable bonds is 4. The summed E-state index contributed by atoms with van der Waals surface area (Å²) in [6, 6.07) is 7.61. The maximum atomic E-state index is 12.3. The van der Waals surface area contributed by atoms with E-state index in [0.717, 1.165) is 43.0 Å². The molecule has 7 nitrogen and oxygen atoms in total. The highest BCUT2D eigenvalue weighted by atomic mass is 16.6. The van der Waals surface area contributed by atoms with Gasteiger partial charge in [0.15, 0.2) is 0 Å². The van der Waals surface area contributed by atoms with Crippen LogP contribution in [0.3, 0.4) is 0 Å². The highest BCUT2D eigenvalue weighted by Gasteiger charge is 2.15. The van der Waals surface area contributed by atoms with Gasteiger partial charge in [0.2, 0.25) is 0 Å². The van der Waals surface area contributed by atoms with Crippen molar-refractivity contribution in [2.24, 2.45) is 0 Å². The molecular weight excluding hydrogens is 294 g/mol. The maximum Gasteiger partial charge on any atom is 0.321 e. The van der Waals surface area contributed by atoms with Gasteiger partial charge in [-0.1, -0.05) is 23.2 Å². The zero-order valence-electron chi connectivity index (χ0n) is 13.0. The predicted molar refractivity (Wildman–Crippen MR) is 87.1 cm³/mol. The highest BCUT2D eigenvalue weighted by molar-refractivity contribution is 5.89. The normalized spacial score (nSPS) is 15.0. The number of aromatic nitrogens is 2. The van der Waals surface area contributed by atoms with E-state index in [0.29, 0.717) is 6.54 Å². The van der Waals surface area contributed by atoms with Crippen LogP contribution in [-0.4, -0.2) is 34.3 Å². The fraction of sp³-hybridized carbons (Fsp3) is 0.438. The molecule has 23 heavy (non-hydrogen) atoms. The number of amides is 2. The predicted octanol–water partition coefficient (Wildman–Crippen LogP) is 3.09. The Labute approximate surface area is 135 Å². The molecule has 0 bridgehead atoms. The summed E-state index contributed by atoms with van der Waals surface area (Å²) in [5.74, 6) is 0. The van der Waals surface area contributed by atoms with Crippen molar-refractivity contribution in [2.45, 2.75) is 32.2 Å². The first-order chi connectivity index (χ1) is 11.3. The van der Waals surface area contributed by atoms with Gasteiger partial charge >= 0.3 is 6.03 Å². The Kier molecular flexibility index (Phi) is 5.08. The van der Waals surface area contributed by atoms with Crippen LogP contribution in [0.15, 0.2) is 35.1 Å². The summed E-state index contributed by atoms with van der Waals surface area (Å²) >= 11 is 0. The number of carbonyl (C=O) groups excluding carboxylic acids is 1. The van der Waals surface area contributed by atoms with Crippen molar-refractivity contribution >= 4 is 17.4 Å². The molecule has 0 radical (unpaired) electrons. The van der Waals surface area contributed by atoms with Gasteiger partial charge in [0.05, 0.1) is 12.7 Å². The molecule has 0 aliphatic carbocycles. The van der Waals surface area contributed by atoms with Crippen molar-refractivity contribution in [3.8, 4) is 0 Å². The molecule has 1 aromatic heterocycles. The summed E-state index contributed by atoms with van der Waals surface area (Å²) in [6.07, 6.45) is 6.18. The number of nitrogens with zero attached hydrogens (tertiary/aromatic N) is 3. The molecule has 1 aliphatic heterocycles. The molecular formula is C16H21N5O2. The first-order valence-electron chi connectivity index (χ1n) is 7.97. The van der Waals surface area contributed by atoms with Gasteiger partial charge in [0, 0.05) is 24.5 Å². The molecule has 0 spiro atoms. The summed E-state index contributed by atoms with van der Waals surface area (Å²) in [7, 11) is 0. The minimum absolute atomic E-state index is 0.0127. The van der Waals surface area contributed by atoms with Gasteiger partial charge in [-0.3, -0.25) is 0 Å². The summed E-state index contributed by atoms with van der Waals surface area (Å²) in [5.41, 5.74) is 2.48. The number of hydrogen-bond acceptors (Lipinski definition) is 5. The van der Waals surface area contributed by atoms with Crippen molar-refractivity contribution in [1.82, 2.24) is 15.2 Å². The standard InChI is InChI=1S/C16H21N5O2/c22-16(21-9-3-1-2-4-10-21)19-14-7-5-13(6-8-14)17-11-15-12-18-23-20-15/h5-8,12,17H,1-4,9-11H2,(H,19,22). The van der Waals surface area contributed by atoms with Gasteiger partial charge < -0.3 is 15.5 Å². The molecule has 2 heterocycles. The van der Waals surface area contributed by atoms with E-state index >= 15 is 0 Å². The molecule has 0 atom stereocenters. The molecule has 0 unspecified atom stereocenters. The lowest BCUT2D eigenvalue weighted by Gasteiger charge is -2.20. The number of hydrogen-bond donors (Lipinski definition) is 2. The summed E-state index contributed by atoms with van der Waals surface area (Å²) in [6.45, 7) is 2.23. The van der Waals surface area contributed by atoms with Crippen LogP contribution in [0.4, 0.5) is 16.2 Å². The number of anilines is 2. The Balaban J connectivity index is 1.51. The molecule has 2 N–H and O–H groups in total. The van der Waals surface area contributed by atoms with Crippen molar-refractivity contribution in [3.05, 3.63) is 36.2 Å². The first-order valence-corrected chi connectivity index (χ1v) is 7.97. The van der Waals surface area contributed by atoms with Crippen molar-refractivity contribution in [1.29, 1.82) is 0 Å². The monoisotopic (exact) mass is 315 g/mol. The molecule has 1 aliphatic rings. The van der Waals surface area contributed by atoms with Crippen LogP contribution in [0.25, 0.3) is 0 Å². The zero-order valence-corrected chi connectivity index (χ0v) is 13.0. The Morgan fingerprint density at radius 1 is 1.09 bits per heavy atom. The van der Waals surface area contributed by atoms with Gasteiger partial charge in [0.1, 0.15) is 5.69 Å². The minimum atomic E-state index is -0.0127. The van der Waals surface area contributed by atoms with E-state index < -0.39 is 0 Å². The lowest BCUT2D eigenvalue weighted by atomic mass is 10.2. The summed E-state index contributed by atoms with van der Waals surface area (Å²) in [4.78, 5) is 14.2. The Hall–Kier alpha value is -2.57. The van der Waals surface area contributed by atoms with Crippen LogP contribution in [0.5, 0.6) is 0 Å². The molecule has 2 amide bonds. The Morgan fingerprint density at radius 3 is 2.43 bits per heavy atom. The van der Waals surface area contributed by atoms with Crippen molar-refractivity contribution < 1.29 is 9.42 Å². The molecule has 1 aromatic carbocycles. The smallest absolute Gasteiger partial charge is 0.321 e. The molecule has 2 aromatic rings. The fourth-order valence-corrected chi connectivity index (χ4v) is 2.60. The summed E-state index contributed by atoms with van der Waals surface area (Å²) < 4.78 is 4.54. The van der Waals surface area contributed by atoms with E-state index in [1.54, 1.807) is 6.20 Å². The third-order valence-corrected chi connectivity index (χ3v) is 3.91. The lowest BCUT2D eigenvalue weighted by molar-refractivity contribution is 0.214. The van der Waals surface area contributed by atoms with E-state index in [1.165, 1.54) is 12.8 Å². The second-order valence-electron chi connectivity index (χ2n) is 5.66. The second-order valence-corrected chi connectivity index (χ2v) is 5.66. The van der Waals surface area contributed by atoms with Crippen LogP contribution in [0.1, 0.15) is 31.4 Å². The zero-order chi connectivity index (χ0) is 15.9. The number of benzene rings is 1. The molecule has 122 valence electrons. The van der Waals surface area contributed by atoms with Crippen molar-refractivity contribution in [3.63, 3.8) is 0 Å². The second kappa shape index (κ2) is 7.62. The first kappa shape index (κ1) is 15.3. The van der Waals surface area contributed by atoms with Gasteiger partial charge in [-0.15, -0.1) is 0 Å². The number of urea groups is 1. The van der Waals surface area contributed by atoms with Crippen LogP contribution < -0.4 is 10.6 Å². The van der Waals surface area contributed by atoms with Crippen LogP contribution in [-0.2, 0) is 6.54 Å². The van der Waals surface area contributed by atoms with Gasteiger partial charge in [0.25, 0.3) is 0 Å². The lowest BCUT2D eigenvalue weighted by Crippen LogP contribution is -2.35. The molecule has 1 saturated heterocycles. The topological polar surface area (TPSA) is 83.3 Å². The number of likely N-dealkylation sites (tertiary alicyclic amines) is 1. The van der Waals surface area contributed by atoms with E-state index in [1.807, 2.05) is 29.2 Å². The van der Waals surface area contributed by atoms with Gasteiger partial charge in [-0.2, -0.15) is 0 Å². The van der Waals surface area contributed by atoms with E-state index in [2.05, 4.69) is 25.6 Å². The van der Waals surface area contributed by atoms with Gasteiger partial charge in [-0.05, 0) is 37.1 Å². The number of nitrogens with one attached hydrogen (secondary N) is 2. The maximum absolute atomic E-state index is 12.3. The minimum Gasteiger partial charge on any atom is -0.379 e.